The largest absolute Gasteiger partial charge is 0.339 e. The van der Waals surface area contributed by atoms with E-state index in [0.717, 1.165) is 18.1 Å². The smallest absolute Gasteiger partial charge is 0.230 e. The molecule has 1 saturated carbocycles. The minimum atomic E-state index is 0.426. The molecular weight excluding hydrogens is 176 g/mol. The van der Waals surface area contributed by atoms with E-state index in [1.54, 1.807) is 0 Å². The molecule has 14 heavy (non-hydrogen) atoms. The first-order valence-corrected chi connectivity index (χ1v) is 5.55. The van der Waals surface area contributed by atoms with Gasteiger partial charge in [0.15, 0.2) is 5.82 Å². The first-order chi connectivity index (χ1) is 6.72. The van der Waals surface area contributed by atoms with Crippen LogP contribution in [-0.2, 0) is 0 Å². The number of nitrogens with zero attached hydrogens (tertiary/aromatic N) is 2. The predicted molar refractivity (Wildman–Crippen MR) is 54.1 cm³/mol. The van der Waals surface area contributed by atoms with Crippen molar-refractivity contribution in [2.45, 2.75) is 51.9 Å². The molecule has 1 atom stereocenters. The molecule has 1 heterocycles. The molecule has 0 radical (unpaired) electrons. The van der Waals surface area contributed by atoms with Crippen LogP contribution in [0.3, 0.4) is 0 Å². The summed E-state index contributed by atoms with van der Waals surface area (Å²) in [5, 5.41) is 4.04. The zero-order valence-electron chi connectivity index (χ0n) is 9.16. The summed E-state index contributed by atoms with van der Waals surface area (Å²) in [5.74, 6) is 3.36. The average molecular weight is 194 g/mol. The van der Waals surface area contributed by atoms with Crippen molar-refractivity contribution in [3.8, 4) is 0 Å². The molecule has 0 bridgehead atoms. The van der Waals surface area contributed by atoms with Crippen LogP contribution in [0.5, 0.6) is 0 Å². The lowest BCUT2D eigenvalue weighted by molar-refractivity contribution is 0.314. The van der Waals surface area contributed by atoms with Crippen LogP contribution >= 0.6 is 0 Å². The Kier molecular flexibility index (Phi) is 2.57. The average Bonchev–Trinajstić information content (AvgIpc) is 2.88. The van der Waals surface area contributed by atoms with Gasteiger partial charge in [-0.3, -0.25) is 0 Å². The van der Waals surface area contributed by atoms with Gasteiger partial charge in [0.2, 0.25) is 5.89 Å². The number of hydrogen-bond donors (Lipinski definition) is 0. The third-order valence-electron chi connectivity index (χ3n) is 2.96. The highest BCUT2D eigenvalue weighted by Gasteiger charge is 2.30. The van der Waals surface area contributed by atoms with Crippen molar-refractivity contribution >= 4 is 0 Å². The van der Waals surface area contributed by atoms with Gasteiger partial charge in [0.05, 0.1) is 0 Å². The lowest BCUT2D eigenvalue weighted by Gasteiger charge is -2.13. The summed E-state index contributed by atoms with van der Waals surface area (Å²) in [6, 6.07) is 0. The molecular formula is C11H18N2O. The highest BCUT2D eigenvalue weighted by atomic mass is 16.5. The Morgan fingerprint density at radius 3 is 2.64 bits per heavy atom. The normalized spacial score (nSPS) is 18.9. The van der Waals surface area contributed by atoms with E-state index in [4.69, 9.17) is 4.52 Å². The standard InChI is InChI=1S/C11H18N2O/c1-4-9(7(2)3)11-12-10(13-14-11)8-5-6-8/h7-9H,4-6H2,1-3H3/t9-/m0/s1. The summed E-state index contributed by atoms with van der Waals surface area (Å²) < 4.78 is 5.32. The van der Waals surface area contributed by atoms with Gasteiger partial charge < -0.3 is 4.52 Å². The minimum absolute atomic E-state index is 0.426. The van der Waals surface area contributed by atoms with E-state index < -0.39 is 0 Å². The van der Waals surface area contributed by atoms with Crippen LogP contribution in [0.2, 0.25) is 0 Å². The SMILES string of the molecule is CC[C@H](c1nc(C2CC2)no1)C(C)C. The molecule has 0 aromatic carbocycles. The Balaban J connectivity index is 2.13. The number of hydrogen-bond acceptors (Lipinski definition) is 3. The van der Waals surface area contributed by atoms with Crippen LogP contribution in [0.1, 0.15) is 63.6 Å². The fourth-order valence-corrected chi connectivity index (χ4v) is 1.84. The van der Waals surface area contributed by atoms with Gasteiger partial charge in [0.25, 0.3) is 0 Å². The molecule has 0 unspecified atom stereocenters. The molecule has 1 fully saturated rings. The summed E-state index contributed by atoms with van der Waals surface area (Å²) in [5.41, 5.74) is 0. The van der Waals surface area contributed by atoms with Crippen LogP contribution in [0.4, 0.5) is 0 Å². The topological polar surface area (TPSA) is 38.9 Å². The van der Waals surface area contributed by atoms with E-state index in [1.165, 1.54) is 12.8 Å². The van der Waals surface area contributed by atoms with Gasteiger partial charge in [-0.05, 0) is 25.2 Å². The summed E-state index contributed by atoms with van der Waals surface area (Å²) in [6.45, 7) is 6.58. The van der Waals surface area contributed by atoms with Crippen LogP contribution in [-0.4, -0.2) is 10.1 Å². The molecule has 1 aromatic rings. The lowest BCUT2D eigenvalue weighted by Crippen LogP contribution is -2.05. The van der Waals surface area contributed by atoms with Crippen LogP contribution < -0.4 is 0 Å². The molecule has 3 heteroatoms. The molecule has 1 aromatic heterocycles. The second kappa shape index (κ2) is 3.71. The summed E-state index contributed by atoms with van der Waals surface area (Å²) in [4.78, 5) is 4.49. The molecule has 0 saturated heterocycles. The minimum Gasteiger partial charge on any atom is -0.339 e. The monoisotopic (exact) mass is 194 g/mol. The molecule has 0 amide bonds. The van der Waals surface area contributed by atoms with Gasteiger partial charge in [0, 0.05) is 11.8 Å². The third kappa shape index (κ3) is 1.81. The summed E-state index contributed by atoms with van der Waals surface area (Å²) >= 11 is 0. The molecule has 1 aliphatic carbocycles. The maximum Gasteiger partial charge on any atom is 0.230 e. The maximum atomic E-state index is 5.32. The van der Waals surface area contributed by atoms with E-state index in [1.807, 2.05) is 0 Å². The Morgan fingerprint density at radius 1 is 1.43 bits per heavy atom. The molecule has 0 N–H and O–H groups in total. The fourth-order valence-electron chi connectivity index (χ4n) is 1.84. The van der Waals surface area contributed by atoms with Gasteiger partial charge >= 0.3 is 0 Å². The summed E-state index contributed by atoms with van der Waals surface area (Å²) in [7, 11) is 0. The van der Waals surface area contributed by atoms with Gasteiger partial charge in [-0.1, -0.05) is 25.9 Å². The highest BCUT2D eigenvalue weighted by Crippen LogP contribution is 2.39. The second-order valence-electron chi connectivity index (χ2n) is 4.52. The van der Waals surface area contributed by atoms with Crippen molar-refractivity contribution in [1.82, 2.24) is 10.1 Å². The van der Waals surface area contributed by atoms with Crippen molar-refractivity contribution in [3.63, 3.8) is 0 Å². The first kappa shape index (κ1) is 9.69. The van der Waals surface area contributed by atoms with Gasteiger partial charge in [-0.15, -0.1) is 0 Å². The molecule has 3 nitrogen and oxygen atoms in total. The number of rotatable bonds is 4. The zero-order chi connectivity index (χ0) is 10.1. The van der Waals surface area contributed by atoms with E-state index in [9.17, 15) is 0 Å². The molecule has 0 spiro atoms. The van der Waals surface area contributed by atoms with E-state index in [-0.39, 0.29) is 0 Å². The van der Waals surface area contributed by atoms with Crippen molar-refractivity contribution in [1.29, 1.82) is 0 Å². The predicted octanol–water partition coefficient (Wildman–Crippen LogP) is 3.10. The van der Waals surface area contributed by atoms with E-state index in [0.29, 0.717) is 17.8 Å². The Hall–Kier alpha value is -0.860. The molecule has 0 aliphatic heterocycles. The summed E-state index contributed by atoms with van der Waals surface area (Å²) in [6.07, 6.45) is 3.54. The maximum absolute atomic E-state index is 5.32. The quantitative estimate of drug-likeness (QED) is 0.739. The van der Waals surface area contributed by atoms with Crippen molar-refractivity contribution in [2.24, 2.45) is 5.92 Å². The van der Waals surface area contributed by atoms with Crippen molar-refractivity contribution in [3.05, 3.63) is 11.7 Å². The van der Waals surface area contributed by atoms with Crippen LogP contribution in [0.25, 0.3) is 0 Å². The third-order valence-corrected chi connectivity index (χ3v) is 2.96. The van der Waals surface area contributed by atoms with Crippen LogP contribution in [0, 0.1) is 5.92 Å². The lowest BCUT2D eigenvalue weighted by atomic mass is 9.93. The van der Waals surface area contributed by atoms with Crippen molar-refractivity contribution in [2.75, 3.05) is 0 Å². The van der Waals surface area contributed by atoms with E-state index in [2.05, 4.69) is 30.9 Å². The molecule has 1 aliphatic rings. The molecule has 78 valence electrons. The Bertz CT molecular complexity index is 302. The van der Waals surface area contributed by atoms with Gasteiger partial charge in [0.1, 0.15) is 0 Å². The highest BCUT2D eigenvalue weighted by molar-refractivity contribution is 5.05. The van der Waals surface area contributed by atoms with E-state index >= 15 is 0 Å². The fraction of sp³-hybridized carbons (Fsp3) is 0.818. The zero-order valence-corrected chi connectivity index (χ0v) is 9.16. The van der Waals surface area contributed by atoms with Crippen LogP contribution in [0.15, 0.2) is 4.52 Å². The first-order valence-electron chi connectivity index (χ1n) is 5.55. The molecule has 2 rings (SSSR count). The van der Waals surface area contributed by atoms with Gasteiger partial charge in [-0.2, -0.15) is 4.98 Å². The Labute approximate surface area is 84.9 Å². The Morgan fingerprint density at radius 2 is 2.14 bits per heavy atom. The van der Waals surface area contributed by atoms with Gasteiger partial charge in [-0.25, -0.2) is 0 Å². The second-order valence-corrected chi connectivity index (χ2v) is 4.52. The van der Waals surface area contributed by atoms with Crippen molar-refractivity contribution < 1.29 is 4.52 Å². The number of aromatic nitrogens is 2.